The van der Waals surface area contributed by atoms with Crippen molar-refractivity contribution in [2.24, 2.45) is 0 Å². The Kier molecular flexibility index (Phi) is 5.99. The molecule has 0 saturated carbocycles. The maximum Gasteiger partial charge on any atom is 0.270 e. The molecule has 0 bridgehead atoms. The van der Waals surface area contributed by atoms with E-state index in [1.54, 1.807) is 28.6 Å². The molecule has 9 nitrogen and oxygen atoms in total. The van der Waals surface area contributed by atoms with Gasteiger partial charge in [0.1, 0.15) is 0 Å². The summed E-state index contributed by atoms with van der Waals surface area (Å²) in [5, 5.41) is 25.5. The van der Waals surface area contributed by atoms with Crippen molar-refractivity contribution in [1.29, 1.82) is 0 Å². The number of aromatic nitrogens is 4. The van der Waals surface area contributed by atoms with Crippen molar-refractivity contribution >= 4 is 29.0 Å². The van der Waals surface area contributed by atoms with Crippen LogP contribution >= 0.6 is 11.8 Å². The van der Waals surface area contributed by atoms with Gasteiger partial charge in [0, 0.05) is 28.3 Å². The second-order valence-corrected chi connectivity index (χ2v) is 7.47. The van der Waals surface area contributed by atoms with Gasteiger partial charge in [-0.15, -0.1) is 16.9 Å². The number of nitro benzene ring substituents is 1. The lowest BCUT2D eigenvalue weighted by Crippen LogP contribution is -2.11. The van der Waals surface area contributed by atoms with Crippen LogP contribution in [0.25, 0.3) is 5.69 Å². The smallest absolute Gasteiger partial charge is 0.270 e. The highest BCUT2D eigenvalue weighted by Crippen LogP contribution is 2.24. The first-order chi connectivity index (χ1) is 15.1. The molecule has 4 rings (SSSR count). The summed E-state index contributed by atoms with van der Waals surface area (Å²) in [7, 11) is 0. The minimum Gasteiger partial charge on any atom is -0.322 e. The number of nitrogens with zero attached hydrogens (tertiary/aromatic N) is 5. The Morgan fingerprint density at radius 3 is 2.55 bits per heavy atom. The van der Waals surface area contributed by atoms with Crippen molar-refractivity contribution in [1.82, 2.24) is 20.2 Å². The molecule has 0 radical (unpaired) electrons. The number of hydrogen-bond donors (Lipinski definition) is 1. The van der Waals surface area contributed by atoms with Gasteiger partial charge in [-0.2, -0.15) is 4.68 Å². The molecule has 4 aromatic rings. The topological polar surface area (TPSA) is 116 Å². The third-order valence-electron chi connectivity index (χ3n) is 4.33. The number of tetrazole rings is 1. The molecule has 0 aliphatic heterocycles. The van der Waals surface area contributed by atoms with Crippen molar-refractivity contribution in [3.05, 3.63) is 100 Å². The van der Waals surface area contributed by atoms with Crippen molar-refractivity contribution in [2.45, 2.75) is 10.6 Å². The number of carbonyl (C=O) groups is 1. The zero-order chi connectivity index (χ0) is 21.6. The fourth-order valence-electron chi connectivity index (χ4n) is 2.81. The second-order valence-electron chi connectivity index (χ2n) is 6.42. The van der Waals surface area contributed by atoms with Gasteiger partial charge < -0.3 is 5.32 Å². The molecule has 1 N–H and O–H groups in total. The van der Waals surface area contributed by atoms with E-state index in [4.69, 9.17) is 0 Å². The molecule has 0 unspecified atom stereocenters. The number of carbonyl (C=O) groups excluding carboxylic acids is 1. The molecule has 31 heavy (non-hydrogen) atoms. The van der Waals surface area contributed by atoms with Gasteiger partial charge in [0.2, 0.25) is 0 Å². The zero-order valence-electron chi connectivity index (χ0n) is 16.1. The Bertz CT molecular complexity index is 1210. The predicted octanol–water partition coefficient (Wildman–Crippen LogP) is 4.12. The van der Waals surface area contributed by atoms with E-state index < -0.39 is 10.8 Å². The molecule has 0 saturated heterocycles. The number of thioether (sulfide) groups is 1. The Balaban J connectivity index is 1.38. The van der Waals surface area contributed by atoms with Gasteiger partial charge >= 0.3 is 0 Å². The highest BCUT2D eigenvalue weighted by Gasteiger charge is 2.12. The van der Waals surface area contributed by atoms with E-state index in [1.807, 2.05) is 42.5 Å². The normalized spacial score (nSPS) is 10.6. The summed E-state index contributed by atoms with van der Waals surface area (Å²) in [6, 6.07) is 22.6. The van der Waals surface area contributed by atoms with Gasteiger partial charge in [-0.05, 0) is 52.9 Å². The molecule has 154 valence electrons. The number of para-hydroxylation sites is 1. The van der Waals surface area contributed by atoms with Gasteiger partial charge in [0.05, 0.1) is 16.4 Å². The number of anilines is 1. The maximum absolute atomic E-state index is 12.4. The fraction of sp³-hybridized carbons (Fsp3) is 0.0476. The van der Waals surface area contributed by atoms with E-state index >= 15 is 0 Å². The number of benzene rings is 3. The number of hydrogen-bond acceptors (Lipinski definition) is 7. The average molecular weight is 432 g/mol. The van der Waals surface area contributed by atoms with Gasteiger partial charge in [-0.1, -0.05) is 24.3 Å². The first-order valence-corrected chi connectivity index (χ1v) is 10.2. The van der Waals surface area contributed by atoms with Crippen LogP contribution in [-0.4, -0.2) is 31.0 Å². The SMILES string of the molecule is O=C(Nc1ccc(SCc2nnnn2-c2ccccc2)cc1)c1cccc([N+](=O)[O-])c1. The lowest BCUT2D eigenvalue weighted by Gasteiger charge is -2.07. The summed E-state index contributed by atoms with van der Waals surface area (Å²) in [5.74, 6) is 0.881. The van der Waals surface area contributed by atoms with E-state index in [1.165, 1.54) is 24.3 Å². The first-order valence-electron chi connectivity index (χ1n) is 9.21. The summed E-state index contributed by atoms with van der Waals surface area (Å²) in [4.78, 5) is 23.7. The Labute approximate surface area is 181 Å². The van der Waals surface area contributed by atoms with E-state index in [9.17, 15) is 14.9 Å². The molecule has 0 atom stereocenters. The monoisotopic (exact) mass is 432 g/mol. The third kappa shape index (κ3) is 4.93. The van der Waals surface area contributed by atoms with E-state index in [0.717, 1.165) is 16.4 Å². The molecule has 0 aliphatic carbocycles. The van der Waals surface area contributed by atoms with Crippen LogP contribution < -0.4 is 5.32 Å². The molecule has 1 heterocycles. The van der Waals surface area contributed by atoms with Crippen LogP contribution in [0.5, 0.6) is 0 Å². The van der Waals surface area contributed by atoms with Gasteiger partial charge in [-0.3, -0.25) is 14.9 Å². The lowest BCUT2D eigenvalue weighted by atomic mass is 10.2. The summed E-state index contributed by atoms with van der Waals surface area (Å²) in [5.41, 5.74) is 1.58. The maximum atomic E-state index is 12.4. The van der Waals surface area contributed by atoms with E-state index in [-0.39, 0.29) is 11.3 Å². The van der Waals surface area contributed by atoms with Crippen molar-refractivity contribution in [3.8, 4) is 5.69 Å². The summed E-state index contributed by atoms with van der Waals surface area (Å²) in [6.07, 6.45) is 0. The molecule has 0 spiro atoms. The number of nitro groups is 1. The molecule has 1 aromatic heterocycles. The van der Waals surface area contributed by atoms with Crippen LogP contribution in [0, 0.1) is 10.1 Å². The number of rotatable bonds is 7. The standard InChI is InChI=1S/C21H16N6O3S/c28-21(15-5-4-8-18(13-15)27(29)30)22-16-9-11-19(12-10-16)31-14-20-23-24-25-26(20)17-6-2-1-3-7-17/h1-13H,14H2,(H,22,28). The quantitative estimate of drug-likeness (QED) is 0.265. The highest BCUT2D eigenvalue weighted by molar-refractivity contribution is 7.98. The molecular formula is C21H16N6O3S. The van der Waals surface area contributed by atoms with Crippen molar-refractivity contribution in [2.75, 3.05) is 5.32 Å². The van der Waals surface area contributed by atoms with Crippen LogP contribution in [0.1, 0.15) is 16.2 Å². The van der Waals surface area contributed by atoms with E-state index in [2.05, 4.69) is 20.8 Å². The lowest BCUT2D eigenvalue weighted by molar-refractivity contribution is -0.384. The zero-order valence-corrected chi connectivity index (χ0v) is 16.9. The van der Waals surface area contributed by atoms with Crippen LogP contribution in [0.2, 0.25) is 0 Å². The number of nitrogens with one attached hydrogen (secondary N) is 1. The number of amides is 1. The van der Waals surface area contributed by atoms with Gasteiger partial charge in [0.15, 0.2) is 5.82 Å². The summed E-state index contributed by atoms with van der Waals surface area (Å²) < 4.78 is 1.70. The van der Waals surface area contributed by atoms with Crippen molar-refractivity contribution < 1.29 is 9.72 Å². The average Bonchev–Trinajstić information content (AvgIpc) is 3.28. The minimum absolute atomic E-state index is 0.128. The molecular weight excluding hydrogens is 416 g/mol. The summed E-state index contributed by atoms with van der Waals surface area (Å²) in [6.45, 7) is 0. The third-order valence-corrected chi connectivity index (χ3v) is 5.34. The van der Waals surface area contributed by atoms with E-state index in [0.29, 0.717) is 11.4 Å². The largest absolute Gasteiger partial charge is 0.322 e. The van der Waals surface area contributed by atoms with Crippen LogP contribution in [0.4, 0.5) is 11.4 Å². The fourth-order valence-corrected chi connectivity index (χ4v) is 3.62. The molecule has 0 fully saturated rings. The first kappa shape index (κ1) is 20.2. The number of non-ortho nitro benzene ring substituents is 1. The molecule has 0 aliphatic rings. The Hall–Kier alpha value is -4.05. The van der Waals surface area contributed by atoms with Crippen LogP contribution in [-0.2, 0) is 5.75 Å². The summed E-state index contributed by atoms with van der Waals surface area (Å²) >= 11 is 1.57. The van der Waals surface area contributed by atoms with Crippen LogP contribution in [0.15, 0.2) is 83.8 Å². The predicted molar refractivity (Wildman–Crippen MR) is 116 cm³/mol. The molecule has 1 amide bonds. The Morgan fingerprint density at radius 2 is 1.81 bits per heavy atom. The molecule has 3 aromatic carbocycles. The van der Waals surface area contributed by atoms with Gasteiger partial charge in [-0.25, -0.2) is 0 Å². The van der Waals surface area contributed by atoms with Crippen LogP contribution in [0.3, 0.4) is 0 Å². The Morgan fingerprint density at radius 1 is 1.03 bits per heavy atom. The van der Waals surface area contributed by atoms with Crippen molar-refractivity contribution in [3.63, 3.8) is 0 Å². The highest BCUT2D eigenvalue weighted by atomic mass is 32.2. The molecule has 10 heteroatoms. The minimum atomic E-state index is -0.531. The van der Waals surface area contributed by atoms with Gasteiger partial charge in [0.25, 0.3) is 11.6 Å². The second kappa shape index (κ2) is 9.18.